The van der Waals surface area contributed by atoms with Gasteiger partial charge in [0.25, 0.3) is 0 Å². The molecule has 0 aliphatic heterocycles. The third kappa shape index (κ3) is 2.94. The van der Waals surface area contributed by atoms with Crippen molar-refractivity contribution < 1.29 is 13.5 Å². The third-order valence-electron chi connectivity index (χ3n) is 4.97. The maximum atomic E-state index is 14.7. The second-order valence-electron chi connectivity index (χ2n) is 6.75. The van der Waals surface area contributed by atoms with E-state index in [1.54, 1.807) is 0 Å². The highest BCUT2D eigenvalue weighted by Crippen LogP contribution is 2.37. The minimum Gasteiger partial charge on any atom is -0.497 e. The number of aryl methyl sites for hydroxylation is 1. The summed E-state index contributed by atoms with van der Waals surface area (Å²) in [7, 11) is 1.39. The number of fused-ring (bicyclic) bond motifs is 1. The molecule has 4 nitrogen and oxygen atoms in total. The second kappa shape index (κ2) is 6.87. The first kappa shape index (κ1) is 17.3. The third-order valence-corrected chi connectivity index (χ3v) is 5.91. The first-order chi connectivity index (χ1) is 12.6. The summed E-state index contributed by atoms with van der Waals surface area (Å²) in [6.45, 7) is 1.97. The highest BCUT2D eigenvalue weighted by atomic mass is 32.1. The molecule has 2 heterocycles. The highest BCUT2D eigenvalue weighted by molar-refractivity contribution is 7.15. The standard InChI is InChI=1S/C19H21F2N3OS/c1-11-10-26-19-23-17(16-14(20)8-13(25-2)9-15(16)21)18(24(11)19)22-12-6-4-3-5-7-12/h8-10,12,22H,3-7H2,1-2H3. The lowest BCUT2D eigenvalue weighted by atomic mass is 9.95. The van der Waals surface area contributed by atoms with Crippen LogP contribution in [0.25, 0.3) is 16.2 Å². The van der Waals surface area contributed by atoms with Crippen LogP contribution < -0.4 is 10.1 Å². The number of anilines is 1. The molecular weight excluding hydrogens is 356 g/mol. The van der Waals surface area contributed by atoms with E-state index < -0.39 is 11.6 Å². The van der Waals surface area contributed by atoms with Gasteiger partial charge in [-0.05, 0) is 19.8 Å². The van der Waals surface area contributed by atoms with Crippen molar-refractivity contribution in [3.8, 4) is 17.0 Å². The van der Waals surface area contributed by atoms with E-state index in [2.05, 4.69) is 10.3 Å². The van der Waals surface area contributed by atoms with Crippen molar-refractivity contribution in [1.29, 1.82) is 0 Å². The lowest BCUT2D eigenvalue weighted by Crippen LogP contribution is -2.23. The molecule has 1 N–H and O–H groups in total. The van der Waals surface area contributed by atoms with Gasteiger partial charge in [-0.2, -0.15) is 0 Å². The number of thiazole rings is 1. The zero-order valence-electron chi connectivity index (χ0n) is 14.8. The van der Waals surface area contributed by atoms with Crippen molar-refractivity contribution in [2.75, 3.05) is 12.4 Å². The van der Waals surface area contributed by atoms with E-state index in [0.29, 0.717) is 17.6 Å². The molecule has 0 unspecified atom stereocenters. The van der Waals surface area contributed by atoms with E-state index in [1.165, 1.54) is 49.8 Å². The highest BCUT2D eigenvalue weighted by Gasteiger charge is 2.25. The quantitative estimate of drug-likeness (QED) is 0.661. The fourth-order valence-electron chi connectivity index (χ4n) is 3.64. The topological polar surface area (TPSA) is 38.6 Å². The van der Waals surface area contributed by atoms with Crippen molar-refractivity contribution in [3.63, 3.8) is 0 Å². The molecular formula is C19H21F2N3OS. The van der Waals surface area contributed by atoms with Crippen LogP contribution in [-0.4, -0.2) is 22.5 Å². The number of imidazole rings is 1. The van der Waals surface area contributed by atoms with Gasteiger partial charge in [0.1, 0.15) is 28.9 Å². The molecule has 0 bridgehead atoms. The van der Waals surface area contributed by atoms with E-state index in [9.17, 15) is 8.78 Å². The summed E-state index contributed by atoms with van der Waals surface area (Å²) >= 11 is 1.47. The van der Waals surface area contributed by atoms with Gasteiger partial charge in [-0.25, -0.2) is 13.8 Å². The van der Waals surface area contributed by atoms with Gasteiger partial charge in [-0.15, -0.1) is 11.3 Å². The number of hydrogen-bond acceptors (Lipinski definition) is 4. The van der Waals surface area contributed by atoms with Crippen molar-refractivity contribution in [1.82, 2.24) is 9.38 Å². The number of benzene rings is 1. The normalized spacial score (nSPS) is 15.5. The molecule has 1 aliphatic carbocycles. The Morgan fingerprint density at radius 2 is 1.88 bits per heavy atom. The first-order valence-corrected chi connectivity index (χ1v) is 9.73. The molecule has 1 fully saturated rings. The maximum absolute atomic E-state index is 14.7. The van der Waals surface area contributed by atoms with E-state index in [-0.39, 0.29) is 11.3 Å². The van der Waals surface area contributed by atoms with Crippen molar-refractivity contribution in [3.05, 3.63) is 34.8 Å². The van der Waals surface area contributed by atoms with Crippen molar-refractivity contribution in [2.45, 2.75) is 45.1 Å². The van der Waals surface area contributed by atoms with Gasteiger partial charge in [0.15, 0.2) is 4.96 Å². The van der Waals surface area contributed by atoms with Crippen LogP contribution in [0.3, 0.4) is 0 Å². The summed E-state index contributed by atoms with van der Waals surface area (Å²) in [5.74, 6) is -0.509. The number of ether oxygens (including phenoxy) is 1. The van der Waals surface area contributed by atoms with Crippen molar-refractivity contribution in [2.24, 2.45) is 0 Å². The Hall–Kier alpha value is -2.15. The van der Waals surface area contributed by atoms with Crippen LogP contribution in [0.2, 0.25) is 0 Å². The maximum Gasteiger partial charge on any atom is 0.196 e. The molecule has 4 rings (SSSR count). The average Bonchev–Trinajstić information content (AvgIpc) is 3.16. The van der Waals surface area contributed by atoms with Gasteiger partial charge < -0.3 is 10.1 Å². The summed E-state index contributed by atoms with van der Waals surface area (Å²) in [5, 5.41) is 5.52. The summed E-state index contributed by atoms with van der Waals surface area (Å²) in [4.78, 5) is 5.27. The number of hydrogen-bond donors (Lipinski definition) is 1. The lowest BCUT2D eigenvalue weighted by molar-refractivity contribution is 0.407. The van der Waals surface area contributed by atoms with Gasteiger partial charge in [0, 0.05) is 29.2 Å². The van der Waals surface area contributed by atoms with Gasteiger partial charge in [-0.3, -0.25) is 4.40 Å². The lowest BCUT2D eigenvalue weighted by Gasteiger charge is -2.24. The minimum atomic E-state index is -0.669. The fourth-order valence-corrected chi connectivity index (χ4v) is 4.50. The van der Waals surface area contributed by atoms with Gasteiger partial charge in [0.05, 0.1) is 12.7 Å². The van der Waals surface area contributed by atoms with Crippen LogP contribution in [0.4, 0.5) is 14.6 Å². The predicted molar refractivity (Wildman–Crippen MR) is 100 cm³/mol. The van der Waals surface area contributed by atoms with Crippen LogP contribution in [0.1, 0.15) is 37.8 Å². The number of aromatic nitrogens is 2. The van der Waals surface area contributed by atoms with Crippen LogP contribution in [0, 0.1) is 18.6 Å². The number of methoxy groups -OCH3 is 1. The summed E-state index contributed by atoms with van der Waals surface area (Å²) in [6.07, 6.45) is 5.70. The molecule has 0 radical (unpaired) electrons. The fraction of sp³-hybridized carbons (Fsp3) is 0.421. The minimum absolute atomic E-state index is 0.112. The molecule has 1 aliphatic rings. The molecule has 2 aromatic heterocycles. The number of nitrogens with zero attached hydrogens (tertiary/aromatic N) is 2. The molecule has 0 saturated heterocycles. The second-order valence-corrected chi connectivity index (χ2v) is 7.59. The van der Waals surface area contributed by atoms with Crippen molar-refractivity contribution >= 4 is 22.1 Å². The molecule has 0 atom stereocenters. The molecule has 7 heteroatoms. The zero-order valence-corrected chi connectivity index (χ0v) is 15.6. The largest absolute Gasteiger partial charge is 0.497 e. The monoisotopic (exact) mass is 377 g/mol. The molecule has 1 saturated carbocycles. The van der Waals surface area contributed by atoms with Gasteiger partial charge >= 0.3 is 0 Å². The molecule has 26 heavy (non-hydrogen) atoms. The number of halogens is 2. The first-order valence-electron chi connectivity index (χ1n) is 8.85. The number of rotatable bonds is 4. The number of nitrogens with one attached hydrogen (secondary N) is 1. The Morgan fingerprint density at radius 3 is 2.54 bits per heavy atom. The summed E-state index contributed by atoms with van der Waals surface area (Å²) in [5.41, 5.74) is 1.21. The Morgan fingerprint density at radius 1 is 1.19 bits per heavy atom. The average molecular weight is 377 g/mol. The van der Waals surface area contributed by atoms with Crippen LogP contribution in [-0.2, 0) is 0 Å². The van der Waals surface area contributed by atoms with Gasteiger partial charge in [-0.1, -0.05) is 19.3 Å². The predicted octanol–water partition coefficient (Wildman–Crippen LogP) is 5.40. The van der Waals surface area contributed by atoms with E-state index in [0.717, 1.165) is 23.5 Å². The Labute approximate surface area is 154 Å². The Balaban J connectivity index is 1.86. The SMILES string of the molecule is COc1cc(F)c(-c2nc3scc(C)n3c2NC2CCCCC2)c(F)c1. The van der Waals surface area contributed by atoms with E-state index >= 15 is 0 Å². The van der Waals surface area contributed by atoms with E-state index in [4.69, 9.17) is 4.74 Å². The molecule has 0 spiro atoms. The summed E-state index contributed by atoms with van der Waals surface area (Å²) < 4.78 is 36.3. The zero-order chi connectivity index (χ0) is 18.3. The van der Waals surface area contributed by atoms with Crippen LogP contribution in [0.15, 0.2) is 17.5 Å². The van der Waals surface area contributed by atoms with Crippen LogP contribution >= 0.6 is 11.3 Å². The molecule has 138 valence electrons. The Bertz CT molecular complexity index is 921. The Kier molecular flexibility index (Phi) is 4.56. The molecule has 3 aromatic rings. The van der Waals surface area contributed by atoms with E-state index in [1.807, 2.05) is 16.7 Å². The summed E-state index contributed by atoms with van der Waals surface area (Å²) in [6, 6.07) is 2.69. The van der Waals surface area contributed by atoms with Gasteiger partial charge in [0.2, 0.25) is 0 Å². The smallest absolute Gasteiger partial charge is 0.196 e. The van der Waals surface area contributed by atoms with Crippen LogP contribution in [0.5, 0.6) is 5.75 Å². The molecule has 0 amide bonds. The molecule has 1 aromatic carbocycles.